The summed E-state index contributed by atoms with van der Waals surface area (Å²) in [5.74, 6) is -0.603. The Morgan fingerprint density at radius 2 is 1.76 bits per heavy atom. The van der Waals surface area contributed by atoms with E-state index in [-0.39, 0.29) is 30.1 Å². The molecule has 0 bridgehead atoms. The number of likely N-dealkylation sites (N-methyl/N-ethyl adjacent to an activating group) is 2. The molecule has 0 spiro atoms. The fourth-order valence-corrected chi connectivity index (χ4v) is 2.66. The Bertz CT molecular complexity index is 703. The van der Waals surface area contributed by atoms with Crippen LogP contribution >= 0.6 is 0 Å². The largest absolute Gasteiger partial charge is 0.338 e. The maximum atomic E-state index is 13.3. The zero-order chi connectivity index (χ0) is 18.4. The van der Waals surface area contributed by atoms with Crippen molar-refractivity contribution in [1.29, 1.82) is 0 Å². The average molecular weight is 346 g/mol. The minimum Gasteiger partial charge on any atom is -0.338 e. The maximum Gasteiger partial charge on any atom is 0.237 e. The first-order chi connectivity index (χ1) is 11.9. The minimum absolute atomic E-state index is 0.0323. The van der Waals surface area contributed by atoms with Crippen molar-refractivity contribution in [2.45, 2.75) is 26.4 Å². The van der Waals surface area contributed by atoms with Gasteiger partial charge in [0.2, 0.25) is 5.91 Å². The number of amides is 1. The molecular weight excluding hydrogens is 322 g/mol. The Kier molecular flexibility index (Phi) is 6.65. The highest BCUT2D eigenvalue weighted by Gasteiger charge is 2.19. The molecule has 3 nitrogen and oxygen atoms in total. The van der Waals surface area contributed by atoms with E-state index in [0.717, 1.165) is 11.1 Å². The molecular formula is C20H24F2N2O. The summed E-state index contributed by atoms with van der Waals surface area (Å²) >= 11 is 0. The van der Waals surface area contributed by atoms with Crippen molar-refractivity contribution >= 4 is 5.91 Å². The number of halogens is 2. The van der Waals surface area contributed by atoms with Gasteiger partial charge in [0.1, 0.15) is 11.6 Å². The minimum atomic E-state index is -0.294. The van der Waals surface area contributed by atoms with Crippen LogP contribution < -0.4 is 0 Å². The van der Waals surface area contributed by atoms with E-state index < -0.39 is 0 Å². The number of hydrogen-bond acceptors (Lipinski definition) is 2. The third kappa shape index (κ3) is 5.36. The first-order valence-corrected chi connectivity index (χ1v) is 8.38. The first kappa shape index (κ1) is 19.1. The van der Waals surface area contributed by atoms with E-state index in [0.29, 0.717) is 13.1 Å². The summed E-state index contributed by atoms with van der Waals surface area (Å²) in [6, 6.07) is 12.4. The van der Waals surface area contributed by atoms with Gasteiger partial charge >= 0.3 is 0 Å². The number of benzene rings is 2. The van der Waals surface area contributed by atoms with E-state index in [1.165, 1.54) is 24.3 Å². The van der Waals surface area contributed by atoms with Crippen LogP contribution in [0.3, 0.4) is 0 Å². The van der Waals surface area contributed by atoms with Gasteiger partial charge in [0.15, 0.2) is 0 Å². The Morgan fingerprint density at radius 1 is 1.08 bits per heavy atom. The molecule has 134 valence electrons. The second-order valence-corrected chi connectivity index (χ2v) is 6.17. The zero-order valence-electron chi connectivity index (χ0n) is 14.9. The Morgan fingerprint density at radius 3 is 2.36 bits per heavy atom. The Labute approximate surface area is 147 Å². The van der Waals surface area contributed by atoms with Crippen LogP contribution in [0.2, 0.25) is 0 Å². The van der Waals surface area contributed by atoms with Crippen molar-refractivity contribution < 1.29 is 13.6 Å². The lowest BCUT2D eigenvalue weighted by molar-refractivity contribution is -0.133. The normalized spacial score (nSPS) is 12.2. The summed E-state index contributed by atoms with van der Waals surface area (Å²) in [5, 5.41) is 0. The van der Waals surface area contributed by atoms with Gasteiger partial charge in [-0.05, 0) is 48.9 Å². The van der Waals surface area contributed by atoms with Gasteiger partial charge in [0.25, 0.3) is 0 Å². The lowest BCUT2D eigenvalue weighted by Crippen LogP contribution is -2.39. The van der Waals surface area contributed by atoms with Gasteiger partial charge in [0.05, 0.1) is 12.6 Å². The molecule has 0 heterocycles. The van der Waals surface area contributed by atoms with Crippen molar-refractivity contribution in [1.82, 2.24) is 9.80 Å². The van der Waals surface area contributed by atoms with Crippen molar-refractivity contribution in [2.24, 2.45) is 0 Å². The van der Waals surface area contributed by atoms with Gasteiger partial charge in [-0.3, -0.25) is 9.69 Å². The molecule has 0 N–H and O–H groups in total. The summed E-state index contributed by atoms with van der Waals surface area (Å²) < 4.78 is 26.4. The number of nitrogens with zero attached hydrogens (tertiary/aromatic N) is 2. The summed E-state index contributed by atoms with van der Waals surface area (Å²) in [5.41, 5.74) is 1.72. The van der Waals surface area contributed by atoms with Crippen molar-refractivity contribution in [2.75, 3.05) is 20.1 Å². The topological polar surface area (TPSA) is 23.6 Å². The van der Waals surface area contributed by atoms with Gasteiger partial charge in [-0.15, -0.1) is 0 Å². The third-order valence-corrected chi connectivity index (χ3v) is 4.43. The van der Waals surface area contributed by atoms with E-state index in [2.05, 4.69) is 0 Å². The summed E-state index contributed by atoms with van der Waals surface area (Å²) in [7, 11) is 1.74. The van der Waals surface area contributed by atoms with Gasteiger partial charge in [-0.2, -0.15) is 0 Å². The van der Waals surface area contributed by atoms with Crippen LogP contribution in [0.15, 0.2) is 48.5 Å². The van der Waals surface area contributed by atoms with Crippen molar-refractivity contribution in [3.05, 3.63) is 71.3 Å². The van der Waals surface area contributed by atoms with Crippen molar-refractivity contribution in [3.63, 3.8) is 0 Å². The van der Waals surface area contributed by atoms with E-state index in [1.54, 1.807) is 30.1 Å². The number of carbonyl (C=O) groups is 1. The molecule has 0 fully saturated rings. The molecule has 0 aliphatic carbocycles. The SMILES string of the molecule is CCN(CC(=O)N(C)C(C)c1ccc(F)cc1)Cc1cccc(F)c1. The second-order valence-electron chi connectivity index (χ2n) is 6.17. The highest BCUT2D eigenvalue weighted by molar-refractivity contribution is 5.78. The molecule has 2 rings (SSSR count). The predicted octanol–water partition coefficient (Wildman–Crippen LogP) is 4.01. The standard InChI is InChI=1S/C20H24F2N2O/c1-4-24(13-16-6-5-7-19(22)12-16)14-20(25)23(3)15(2)17-8-10-18(21)11-9-17/h5-12,15H,4,13-14H2,1-3H3. The molecule has 2 aromatic carbocycles. The maximum absolute atomic E-state index is 13.3. The molecule has 1 atom stereocenters. The lowest BCUT2D eigenvalue weighted by Gasteiger charge is -2.28. The second kappa shape index (κ2) is 8.72. The molecule has 0 aliphatic rings. The average Bonchev–Trinajstić information content (AvgIpc) is 2.60. The van der Waals surface area contributed by atoms with Crippen LogP contribution in [0, 0.1) is 11.6 Å². The fourth-order valence-electron chi connectivity index (χ4n) is 2.66. The quantitative estimate of drug-likeness (QED) is 0.756. The molecule has 2 aromatic rings. The van der Waals surface area contributed by atoms with E-state index in [1.807, 2.05) is 24.8 Å². The molecule has 0 aromatic heterocycles. The van der Waals surface area contributed by atoms with E-state index >= 15 is 0 Å². The summed E-state index contributed by atoms with van der Waals surface area (Å²) in [6.07, 6.45) is 0. The van der Waals surface area contributed by atoms with Crippen LogP contribution in [0.4, 0.5) is 8.78 Å². The summed E-state index contributed by atoms with van der Waals surface area (Å²) in [6.45, 7) is 5.32. The van der Waals surface area contributed by atoms with Crippen LogP contribution in [0.1, 0.15) is 31.0 Å². The summed E-state index contributed by atoms with van der Waals surface area (Å²) in [4.78, 5) is 16.2. The van der Waals surface area contributed by atoms with Gasteiger partial charge in [-0.25, -0.2) is 8.78 Å². The number of hydrogen-bond donors (Lipinski definition) is 0. The van der Waals surface area contributed by atoms with Crippen LogP contribution in [-0.2, 0) is 11.3 Å². The molecule has 0 saturated heterocycles. The van der Waals surface area contributed by atoms with Crippen LogP contribution in [0.25, 0.3) is 0 Å². The van der Waals surface area contributed by atoms with Gasteiger partial charge < -0.3 is 4.90 Å². The first-order valence-electron chi connectivity index (χ1n) is 8.38. The smallest absolute Gasteiger partial charge is 0.237 e. The van der Waals surface area contributed by atoms with Crippen LogP contribution in [0.5, 0.6) is 0 Å². The van der Waals surface area contributed by atoms with Gasteiger partial charge in [-0.1, -0.05) is 31.2 Å². The zero-order valence-corrected chi connectivity index (χ0v) is 14.9. The van der Waals surface area contributed by atoms with E-state index in [4.69, 9.17) is 0 Å². The predicted molar refractivity (Wildman–Crippen MR) is 94.9 cm³/mol. The Hall–Kier alpha value is -2.27. The molecule has 0 radical (unpaired) electrons. The number of rotatable bonds is 7. The fraction of sp³-hybridized carbons (Fsp3) is 0.350. The molecule has 5 heteroatoms. The van der Waals surface area contributed by atoms with Crippen molar-refractivity contribution in [3.8, 4) is 0 Å². The molecule has 1 unspecified atom stereocenters. The number of carbonyl (C=O) groups excluding carboxylic acids is 1. The molecule has 0 aliphatic heterocycles. The third-order valence-electron chi connectivity index (χ3n) is 4.43. The monoisotopic (exact) mass is 346 g/mol. The molecule has 1 amide bonds. The lowest BCUT2D eigenvalue weighted by atomic mass is 10.1. The van der Waals surface area contributed by atoms with E-state index in [9.17, 15) is 13.6 Å². The Balaban J connectivity index is 1.99. The highest BCUT2D eigenvalue weighted by Crippen LogP contribution is 2.19. The molecule has 25 heavy (non-hydrogen) atoms. The molecule has 0 saturated carbocycles. The van der Waals surface area contributed by atoms with Gasteiger partial charge in [0, 0.05) is 13.6 Å². The van der Waals surface area contributed by atoms with Crippen LogP contribution in [-0.4, -0.2) is 35.8 Å². The highest BCUT2D eigenvalue weighted by atomic mass is 19.1.